The van der Waals surface area contributed by atoms with Gasteiger partial charge in [0.25, 0.3) is 5.91 Å². The fraction of sp³-hybridized carbons (Fsp3) is 0.467. The van der Waals surface area contributed by atoms with Gasteiger partial charge in [0.2, 0.25) is 5.91 Å². The maximum atomic E-state index is 12.0. The van der Waals surface area contributed by atoms with E-state index >= 15 is 0 Å². The minimum Gasteiger partial charge on any atom is -0.348 e. The van der Waals surface area contributed by atoms with E-state index < -0.39 is 0 Å². The minimum absolute atomic E-state index is 0.0567. The summed E-state index contributed by atoms with van der Waals surface area (Å²) in [6.07, 6.45) is 2.95. The van der Waals surface area contributed by atoms with Crippen LogP contribution in [0.25, 0.3) is 0 Å². The van der Waals surface area contributed by atoms with Gasteiger partial charge in [0.1, 0.15) is 0 Å². The lowest BCUT2D eigenvalue weighted by molar-refractivity contribution is -0.117. The number of nitrogens with one attached hydrogen (secondary N) is 3. The van der Waals surface area contributed by atoms with Crippen LogP contribution in [-0.2, 0) is 4.79 Å². The third kappa shape index (κ3) is 3.17. The molecule has 1 aliphatic carbocycles. The average Bonchev–Trinajstić information content (AvgIpc) is 3.19. The summed E-state index contributed by atoms with van der Waals surface area (Å²) in [5.74, 6) is 0.214. The van der Waals surface area contributed by atoms with Gasteiger partial charge in [-0.15, -0.1) is 0 Å². The summed E-state index contributed by atoms with van der Waals surface area (Å²) >= 11 is 0. The first-order chi connectivity index (χ1) is 9.72. The predicted octanol–water partition coefficient (Wildman–Crippen LogP) is 1.13. The summed E-state index contributed by atoms with van der Waals surface area (Å²) in [5, 5.41) is 9.07. The molecule has 1 saturated heterocycles. The van der Waals surface area contributed by atoms with Gasteiger partial charge in [-0.2, -0.15) is 0 Å². The van der Waals surface area contributed by atoms with Crippen molar-refractivity contribution in [1.82, 2.24) is 10.6 Å². The Morgan fingerprint density at radius 3 is 2.45 bits per heavy atom. The van der Waals surface area contributed by atoms with Crippen LogP contribution in [0.4, 0.5) is 5.69 Å². The molecule has 2 fully saturated rings. The molecule has 1 aliphatic heterocycles. The fourth-order valence-electron chi connectivity index (χ4n) is 2.34. The zero-order chi connectivity index (χ0) is 13.9. The molecule has 1 aromatic carbocycles. The number of hydrogen-bond acceptors (Lipinski definition) is 3. The van der Waals surface area contributed by atoms with Crippen molar-refractivity contribution in [3.8, 4) is 0 Å². The predicted molar refractivity (Wildman–Crippen MR) is 76.5 cm³/mol. The van der Waals surface area contributed by atoms with E-state index in [2.05, 4.69) is 16.0 Å². The molecular formula is C15H19N3O2. The monoisotopic (exact) mass is 273 g/mol. The van der Waals surface area contributed by atoms with Crippen molar-refractivity contribution in [2.24, 2.45) is 5.92 Å². The highest BCUT2D eigenvalue weighted by atomic mass is 16.2. The molecule has 0 radical (unpaired) electrons. The third-order valence-corrected chi connectivity index (χ3v) is 3.76. The highest BCUT2D eigenvalue weighted by Crippen LogP contribution is 2.30. The van der Waals surface area contributed by atoms with Crippen molar-refractivity contribution >= 4 is 17.5 Å². The molecule has 0 bridgehead atoms. The molecule has 1 saturated carbocycles. The second-order valence-corrected chi connectivity index (χ2v) is 5.50. The van der Waals surface area contributed by atoms with Crippen molar-refractivity contribution in [3.63, 3.8) is 0 Å². The van der Waals surface area contributed by atoms with Gasteiger partial charge in [0.15, 0.2) is 0 Å². The Hall–Kier alpha value is -1.88. The van der Waals surface area contributed by atoms with Gasteiger partial charge in [-0.3, -0.25) is 9.59 Å². The van der Waals surface area contributed by atoms with Crippen LogP contribution in [0.15, 0.2) is 24.3 Å². The van der Waals surface area contributed by atoms with E-state index in [9.17, 15) is 9.59 Å². The summed E-state index contributed by atoms with van der Waals surface area (Å²) < 4.78 is 0. The molecule has 0 aromatic heterocycles. The van der Waals surface area contributed by atoms with Crippen LogP contribution in [0.2, 0.25) is 0 Å². The van der Waals surface area contributed by atoms with Crippen LogP contribution < -0.4 is 16.0 Å². The minimum atomic E-state index is -0.0567. The van der Waals surface area contributed by atoms with Gasteiger partial charge in [0, 0.05) is 29.8 Å². The van der Waals surface area contributed by atoms with Crippen LogP contribution in [0.1, 0.15) is 29.6 Å². The topological polar surface area (TPSA) is 70.2 Å². The van der Waals surface area contributed by atoms with Crippen LogP contribution >= 0.6 is 0 Å². The van der Waals surface area contributed by atoms with E-state index in [1.54, 1.807) is 24.3 Å². The van der Waals surface area contributed by atoms with Gasteiger partial charge < -0.3 is 16.0 Å². The number of amides is 2. The van der Waals surface area contributed by atoms with E-state index in [1.807, 2.05) is 0 Å². The van der Waals surface area contributed by atoms with Crippen molar-refractivity contribution in [2.45, 2.75) is 25.3 Å². The molecule has 2 aliphatic rings. The second-order valence-electron chi connectivity index (χ2n) is 5.50. The molecule has 3 rings (SSSR count). The average molecular weight is 273 g/mol. The first kappa shape index (κ1) is 13.1. The number of anilines is 1. The van der Waals surface area contributed by atoms with Crippen molar-refractivity contribution in [3.05, 3.63) is 29.8 Å². The normalized spacial score (nSPS) is 21.5. The molecular weight excluding hydrogens is 254 g/mol. The first-order valence-corrected chi connectivity index (χ1v) is 7.15. The Morgan fingerprint density at radius 1 is 1.10 bits per heavy atom. The van der Waals surface area contributed by atoms with Crippen molar-refractivity contribution in [1.29, 1.82) is 0 Å². The van der Waals surface area contributed by atoms with Gasteiger partial charge in [0.05, 0.1) is 0 Å². The summed E-state index contributed by atoms with van der Waals surface area (Å²) in [6.45, 7) is 1.79. The van der Waals surface area contributed by atoms with E-state index in [0.717, 1.165) is 38.0 Å². The molecule has 2 amide bonds. The Bertz CT molecular complexity index is 502. The van der Waals surface area contributed by atoms with Crippen molar-refractivity contribution in [2.75, 3.05) is 18.4 Å². The lowest BCUT2D eigenvalue weighted by atomic mass is 10.1. The van der Waals surface area contributed by atoms with Gasteiger partial charge in [-0.25, -0.2) is 0 Å². The molecule has 5 heteroatoms. The maximum Gasteiger partial charge on any atom is 0.251 e. The summed E-state index contributed by atoms with van der Waals surface area (Å²) in [5.41, 5.74) is 1.38. The molecule has 5 nitrogen and oxygen atoms in total. The maximum absolute atomic E-state index is 12.0. The Balaban J connectivity index is 1.56. The number of hydrogen-bond donors (Lipinski definition) is 3. The smallest absolute Gasteiger partial charge is 0.251 e. The summed E-state index contributed by atoms with van der Waals surface area (Å²) in [7, 11) is 0. The van der Waals surface area contributed by atoms with E-state index in [1.165, 1.54) is 0 Å². The molecule has 3 N–H and O–H groups in total. The first-order valence-electron chi connectivity index (χ1n) is 7.15. The van der Waals surface area contributed by atoms with Crippen molar-refractivity contribution < 1.29 is 9.59 Å². The molecule has 1 unspecified atom stereocenters. The zero-order valence-corrected chi connectivity index (χ0v) is 11.3. The number of rotatable bonds is 4. The van der Waals surface area contributed by atoms with E-state index in [0.29, 0.717) is 5.56 Å². The van der Waals surface area contributed by atoms with Gasteiger partial charge in [-0.05, 0) is 50.1 Å². The highest BCUT2D eigenvalue weighted by molar-refractivity contribution is 5.96. The standard InChI is InChI=1S/C15H19N3O2/c19-14(10-1-2-10)17-12-5-3-11(4-6-12)15(20)18-13-7-8-16-9-13/h3-6,10,13,16H,1-2,7-9H2,(H,17,19)(H,18,20). The third-order valence-electron chi connectivity index (χ3n) is 3.76. The van der Waals surface area contributed by atoms with Crippen LogP contribution in [0.5, 0.6) is 0 Å². The quantitative estimate of drug-likeness (QED) is 0.770. The Labute approximate surface area is 118 Å². The van der Waals surface area contributed by atoms with Crippen LogP contribution in [-0.4, -0.2) is 30.9 Å². The van der Waals surface area contributed by atoms with Crippen LogP contribution in [0, 0.1) is 5.92 Å². The molecule has 0 spiro atoms. The molecule has 1 heterocycles. The van der Waals surface area contributed by atoms with Gasteiger partial charge in [-0.1, -0.05) is 0 Å². The lowest BCUT2D eigenvalue weighted by Crippen LogP contribution is -2.36. The SMILES string of the molecule is O=C(NC1CCNC1)c1ccc(NC(=O)C2CC2)cc1. The molecule has 1 aromatic rings. The van der Waals surface area contributed by atoms with E-state index in [4.69, 9.17) is 0 Å². The van der Waals surface area contributed by atoms with E-state index in [-0.39, 0.29) is 23.8 Å². The Kier molecular flexibility index (Phi) is 3.69. The fourth-order valence-corrected chi connectivity index (χ4v) is 2.34. The number of carbonyl (C=O) groups excluding carboxylic acids is 2. The van der Waals surface area contributed by atoms with Gasteiger partial charge >= 0.3 is 0 Å². The number of benzene rings is 1. The summed E-state index contributed by atoms with van der Waals surface area (Å²) in [4.78, 5) is 23.7. The molecule has 1 atom stereocenters. The largest absolute Gasteiger partial charge is 0.348 e. The summed E-state index contributed by atoms with van der Waals surface area (Å²) in [6, 6.07) is 7.28. The highest BCUT2D eigenvalue weighted by Gasteiger charge is 2.29. The molecule has 106 valence electrons. The zero-order valence-electron chi connectivity index (χ0n) is 11.3. The Morgan fingerprint density at radius 2 is 1.85 bits per heavy atom. The second kappa shape index (κ2) is 5.63. The number of carbonyl (C=O) groups is 2. The molecule has 20 heavy (non-hydrogen) atoms. The lowest BCUT2D eigenvalue weighted by Gasteiger charge is -2.11. The van der Waals surface area contributed by atoms with Crippen LogP contribution in [0.3, 0.4) is 0 Å².